The molecule has 0 fully saturated rings. The van der Waals surface area contributed by atoms with Gasteiger partial charge in [-0.15, -0.1) is 0 Å². The molecule has 0 atom stereocenters. The first-order valence-corrected chi connectivity index (χ1v) is 26.2. The normalized spacial score (nSPS) is 15.1. The zero-order valence-electron chi connectivity index (χ0n) is 43.2. The van der Waals surface area contributed by atoms with Gasteiger partial charge in [-0.25, -0.2) is 0 Å². The van der Waals surface area contributed by atoms with Crippen molar-refractivity contribution in [1.82, 2.24) is 0 Å². The van der Waals surface area contributed by atoms with E-state index in [1.165, 1.54) is 111 Å². The summed E-state index contributed by atoms with van der Waals surface area (Å²) in [5.41, 5.74) is 29.3. The summed E-state index contributed by atoms with van der Waals surface area (Å²) in [6.45, 7) is 19.1. The first kappa shape index (κ1) is 43.2. The number of benzene rings is 10. The van der Waals surface area contributed by atoms with Gasteiger partial charge in [0.05, 0.1) is 5.69 Å². The Labute approximate surface area is 432 Å². The SMILES string of the molecule is Cc1cccc(C)c1N(c1ccc2c(c1)C(C)(C)c1cc(-c3cccc(-c4ccccc4)c3)c3oc4ccccc4c3c1-2)c1ccc2c(c1)C(C)(C)c1c3c(c4oc5ccccc5c4c1-2)-c1ccccc1C3(C)C. The van der Waals surface area contributed by atoms with E-state index in [0.717, 1.165) is 50.2 Å². The van der Waals surface area contributed by atoms with Crippen molar-refractivity contribution in [3.8, 4) is 55.6 Å². The Kier molecular flexibility index (Phi) is 8.68. The Balaban J connectivity index is 0.939. The Bertz CT molecular complexity index is 4400. The van der Waals surface area contributed by atoms with Crippen LogP contribution in [0.25, 0.3) is 99.5 Å². The van der Waals surface area contributed by atoms with Crippen molar-refractivity contribution in [2.45, 2.75) is 71.6 Å². The fraction of sp³-hybridized carbons (Fsp3) is 0.155. The molecule has 12 aromatic rings. The maximum Gasteiger partial charge on any atom is 0.144 e. The third-order valence-electron chi connectivity index (χ3n) is 17.6. The van der Waals surface area contributed by atoms with Crippen molar-refractivity contribution in [2.75, 3.05) is 4.90 Å². The van der Waals surface area contributed by atoms with E-state index in [1.807, 2.05) is 0 Å². The molecule has 74 heavy (non-hydrogen) atoms. The maximum absolute atomic E-state index is 7.01. The van der Waals surface area contributed by atoms with Crippen LogP contribution in [0.4, 0.5) is 17.1 Å². The van der Waals surface area contributed by atoms with Gasteiger partial charge in [0.2, 0.25) is 0 Å². The fourth-order valence-corrected chi connectivity index (χ4v) is 14.2. The molecule has 10 aromatic carbocycles. The van der Waals surface area contributed by atoms with Crippen LogP contribution in [-0.2, 0) is 16.2 Å². The summed E-state index contributed by atoms with van der Waals surface area (Å²) >= 11 is 0. The Morgan fingerprint density at radius 3 is 1.57 bits per heavy atom. The predicted octanol–water partition coefficient (Wildman–Crippen LogP) is 19.8. The minimum atomic E-state index is -0.337. The molecule has 0 unspecified atom stereocenters. The van der Waals surface area contributed by atoms with Crippen LogP contribution in [0.2, 0.25) is 0 Å². The molecule has 0 N–H and O–H groups in total. The molecule has 0 bridgehead atoms. The Morgan fingerprint density at radius 2 is 0.865 bits per heavy atom. The van der Waals surface area contributed by atoms with Gasteiger partial charge in [0, 0.05) is 60.3 Å². The van der Waals surface area contributed by atoms with Crippen molar-refractivity contribution in [3.05, 3.63) is 233 Å². The van der Waals surface area contributed by atoms with Gasteiger partial charge in [-0.3, -0.25) is 0 Å². The van der Waals surface area contributed by atoms with E-state index in [9.17, 15) is 0 Å². The summed E-state index contributed by atoms with van der Waals surface area (Å²) in [5.74, 6) is 0. The lowest BCUT2D eigenvalue weighted by atomic mass is 9.72. The van der Waals surface area contributed by atoms with Crippen LogP contribution in [0, 0.1) is 13.8 Å². The van der Waals surface area contributed by atoms with Gasteiger partial charge >= 0.3 is 0 Å². The van der Waals surface area contributed by atoms with Gasteiger partial charge in [-0.2, -0.15) is 0 Å². The molecule has 0 radical (unpaired) electrons. The number of anilines is 3. The van der Waals surface area contributed by atoms with Crippen LogP contribution in [-0.4, -0.2) is 0 Å². The first-order chi connectivity index (χ1) is 35.8. The molecule has 2 aromatic heterocycles. The third-order valence-corrected chi connectivity index (χ3v) is 17.6. The van der Waals surface area contributed by atoms with Gasteiger partial charge in [0.15, 0.2) is 0 Å². The van der Waals surface area contributed by atoms with Crippen LogP contribution < -0.4 is 4.90 Å². The summed E-state index contributed by atoms with van der Waals surface area (Å²) < 4.78 is 14.0. The lowest BCUT2D eigenvalue weighted by molar-refractivity contribution is 0.600. The number of nitrogens with zero attached hydrogens (tertiary/aromatic N) is 1. The van der Waals surface area contributed by atoms with E-state index in [0.29, 0.717) is 0 Å². The summed E-state index contributed by atoms with van der Waals surface area (Å²) in [7, 11) is 0. The predicted molar refractivity (Wildman–Crippen MR) is 309 cm³/mol. The average molecular weight is 954 g/mol. The number of rotatable bonds is 5. The highest BCUT2D eigenvalue weighted by Gasteiger charge is 2.49. The van der Waals surface area contributed by atoms with Crippen LogP contribution in [0.15, 0.2) is 197 Å². The van der Waals surface area contributed by atoms with Crippen LogP contribution >= 0.6 is 0 Å². The molecule has 0 spiro atoms. The quantitative estimate of drug-likeness (QED) is 0.172. The molecule has 0 saturated heterocycles. The van der Waals surface area contributed by atoms with Crippen molar-refractivity contribution in [3.63, 3.8) is 0 Å². The molecule has 2 heterocycles. The second-order valence-corrected chi connectivity index (χ2v) is 22.9. The van der Waals surface area contributed by atoms with Gasteiger partial charge in [-0.05, 0) is 151 Å². The lowest BCUT2D eigenvalue weighted by Gasteiger charge is -2.32. The maximum atomic E-state index is 7.01. The van der Waals surface area contributed by atoms with Gasteiger partial charge < -0.3 is 13.7 Å². The number of aryl methyl sites for hydroxylation is 2. The highest BCUT2D eigenvalue weighted by molar-refractivity contribution is 6.21. The number of hydrogen-bond acceptors (Lipinski definition) is 3. The van der Waals surface area contributed by atoms with E-state index in [-0.39, 0.29) is 16.2 Å². The number of para-hydroxylation sites is 3. The first-order valence-electron chi connectivity index (χ1n) is 26.2. The summed E-state index contributed by atoms with van der Waals surface area (Å²) in [6.07, 6.45) is 0. The van der Waals surface area contributed by atoms with Crippen LogP contribution in [0.5, 0.6) is 0 Å². The molecule has 3 heteroatoms. The smallest absolute Gasteiger partial charge is 0.144 e. The van der Waals surface area contributed by atoms with E-state index in [2.05, 4.69) is 248 Å². The molecular weight excluding hydrogens is 899 g/mol. The fourth-order valence-electron chi connectivity index (χ4n) is 14.2. The number of hydrogen-bond donors (Lipinski definition) is 0. The van der Waals surface area contributed by atoms with Gasteiger partial charge in [0.25, 0.3) is 0 Å². The monoisotopic (exact) mass is 953 g/mol. The number of fused-ring (bicyclic) bond motifs is 19. The lowest BCUT2D eigenvalue weighted by Crippen LogP contribution is -2.24. The molecule has 15 rings (SSSR count). The van der Waals surface area contributed by atoms with Crippen molar-refractivity contribution in [2.24, 2.45) is 0 Å². The second-order valence-electron chi connectivity index (χ2n) is 22.9. The van der Waals surface area contributed by atoms with Crippen LogP contribution in [0.1, 0.15) is 86.1 Å². The topological polar surface area (TPSA) is 29.5 Å². The number of furan rings is 2. The standard InChI is InChI=1S/C71H55NO2/c1-40-20-18-21-41(2)66(40)72(46-33-35-49-55(38-46)71(7,8)64-60(49)62-51-28-14-17-31-58(51)74-68(62)63-47-26-12-15-29-53(47)70(5,6)65(63)64)45-32-34-48-54(37-45)69(3,4)56-39-52(44-25-19-24-43(36-44)42-22-10-9-11-23-42)67-61(59(48)56)50-27-13-16-30-57(50)73-67/h9-39H,1-8H3. The third kappa shape index (κ3) is 5.62. The molecule has 0 saturated carbocycles. The van der Waals surface area contributed by atoms with E-state index < -0.39 is 0 Å². The minimum absolute atomic E-state index is 0.230. The zero-order valence-corrected chi connectivity index (χ0v) is 43.2. The molecule has 3 aliphatic carbocycles. The van der Waals surface area contributed by atoms with Crippen LogP contribution in [0.3, 0.4) is 0 Å². The highest BCUT2D eigenvalue weighted by Crippen LogP contribution is 2.64. The molecule has 0 aliphatic heterocycles. The highest BCUT2D eigenvalue weighted by atomic mass is 16.3. The zero-order chi connectivity index (χ0) is 50.2. The van der Waals surface area contributed by atoms with Crippen molar-refractivity contribution in [1.29, 1.82) is 0 Å². The van der Waals surface area contributed by atoms with Gasteiger partial charge in [0.1, 0.15) is 22.3 Å². The Morgan fingerprint density at radius 1 is 0.351 bits per heavy atom. The average Bonchev–Trinajstić information content (AvgIpc) is 4.21. The van der Waals surface area contributed by atoms with Gasteiger partial charge in [-0.1, -0.05) is 181 Å². The molecule has 3 aliphatic rings. The minimum Gasteiger partial charge on any atom is -0.455 e. The summed E-state index contributed by atoms with van der Waals surface area (Å²) in [4.78, 5) is 2.54. The summed E-state index contributed by atoms with van der Waals surface area (Å²) in [6, 6.07) is 69.5. The van der Waals surface area contributed by atoms with Crippen molar-refractivity contribution >= 4 is 60.9 Å². The molecular formula is C71H55NO2. The molecule has 3 nitrogen and oxygen atoms in total. The van der Waals surface area contributed by atoms with Crippen molar-refractivity contribution < 1.29 is 8.83 Å². The second kappa shape index (κ2) is 14.9. The summed E-state index contributed by atoms with van der Waals surface area (Å²) in [5, 5.41) is 4.72. The Hall–Kier alpha value is -8.40. The molecule has 356 valence electrons. The largest absolute Gasteiger partial charge is 0.455 e. The molecule has 0 amide bonds. The van der Waals surface area contributed by atoms with E-state index in [1.54, 1.807) is 0 Å². The van der Waals surface area contributed by atoms with E-state index >= 15 is 0 Å². The van der Waals surface area contributed by atoms with E-state index in [4.69, 9.17) is 8.83 Å².